The summed E-state index contributed by atoms with van der Waals surface area (Å²) in [5, 5.41) is 4.16. The Labute approximate surface area is 147 Å². The Hall–Kier alpha value is -2.73. The number of rotatable bonds is 3. The average molecular weight is 381 g/mol. The van der Waals surface area contributed by atoms with Crippen LogP contribution in [-0.2, 0) is 4.79 Å². The molecule has 3 aromatic rings. The van der Waals surface area contributed by atoms with E-state index < -0.39 is 0 Å². The fourth-order valence-corrected chi connectivity index (χ4v) is 3.08. The third-order valence-electron chi connectivity index (χ3n) is 3.96. The smallest absolute Gasteiger partial charge is 0.277 e. The first-order chi connectivity index (χ1) is 11.7. The van der Waals surface area contributed by atoms with Gasteiger partial charge in [0.2, 0.25) is 0 Å². The van der Waals surface area contributed by atoms with Gasteiger partial charge in [-0.15, -0.1) is 0 Å². The number of benzene rings is 2. The van der Waals surface area contributed by atoms with Crippen LogP contribution in [0, 0.1) is 0 Å². The minimum atomic E-state index is -0.0818. The lowest BCUT2D eigenvalue weighted by Crippen LogP contribution is -2.27. The SMILES string of the molecule is O=C1C(n2cncn2)=C(c2ccccc2)CN1c1ccc(Br)cc1. The lowest BCUT2D eigenvalue weighted by Gasteiger charge is -2.17. The van der Waals surface area contributed by atoms with Crippen LogP contribution in [0.2, 0.25) is 0 Å². The standard InChI is InChI=1S/C18H13BrN4O/c19-14-6-8-15(9-7-14)22-10-16(13-4-2-1-3-5-13)17(18(22)24)23-12-20-11-21-23/h1-9,11-12H,10H2. The lowest BCUT2D eigenvalue weighted by molar-refractivity contribution is -0.113. The van der Waals surface area contributed by atoms with Crippen molar-refractivity contribution in [2.45, 2.75) is 0 Å². The molecule has 0 unspecified atom stereocenters. The van der Waals surface area contributed by atoms with Crippen LogP contribution >= 0.6 is 15.9 Å². The van der Waals surface area contributed by atoms with Gasteiger partial charge in [-0.1, -0.05) is 46.3 Å². The second-order valence-electron chi connectivity index (χ2n) is 5.40. The van der Waals surface area contributed by atoms with Crippen molar-refractivity contribution in [2.24, 2.45) is 0 Å². The summed E-state index contributed by atoms with van der Waals surface area (Å²) in [6, 6.07) is 17.6. The number of aromatic nitrogens is 3. The Morgan fingerprint density at radius 3 is 2.42 bits per heavy atom. The molecule has 1 aliphatic heterocycles. The molecule has 5 nitrogen and oxygen atoms in total. The summed E-state index contributed by atoms with van der Waals surface area (Å²) >= 11 is 3.42. The Morgan fingerprint density at radius 2 is 1.75 bits per heavy atom. The van der Waals surface area contributed by atoms with E-state index in [1.54, 1.807) is 15.9 Å². The molecule has 118 valence electrons. The van der Waals surface area contributed by atoms with Gasteiger partial charge in [0, 0.05) is 15.7 Å². The summed E-state index contributed by atoms with van der Waals surface area (Å²) in [6.07, 6.45) is 2.99. The predicted octanol–water partition coefficient (Wildman–Crippen LogP) is 3.46. The van der Waals surface area contributed by atoms with Crippen molar-refractivity contribution < 1.29 is 4.79 Å². The molecule has 0 radical (unpaired) electrons. The number of anilines is 1. The number of carbonyl (C=O) groups excluding carboxylic acids is 1. The van der Waals surface area contributed by atoms with Gasteiger partial charge in [0.05, 0.1) is 6.54 Å². The van der Waals surface area contributed by atoms with E-state index in [9.17, 15) is 4.79 Å². The third kappa shape index (κ3) is 2.55. The van der Waals surface area contributed by atoms with Gasteiger partial charge in [-0.3, -0.25) is 4.79 Å². The zero-order valence-electron chi connectivity index (χ0n) is 12.6. The fourth-order valence-electron chi connectivity index (χ4n) is 2.82. The van der Waals surface area contributed by atoms with Gasteiger partial charge in [-0.2, -0.15) is 5.10 Å². The van der Waals surface area contributed by atoms with E-state index in [0.29, 0.717) is 12.2 Å². The minimum absolute atomic E-state index is 0.0818. The maximum atomic E-state index is 13.0. The highest BCUT2D eigenvalue weighted by atomic mass is 79.9. The largest absolute Gasteiger partial charge is 0.302 e. The monoisotopic (exact) mass is 380 g/mol. The van der Waals surface area contributed by atoms with Gasteiger partial charge in [-0.25, -0.2) is 9.67 Å². The van der Waals surface area contributed by atoms with E-state index in [4.69, 9.17) is 0 Å². The molecule has 0 spiro atoms. The molecule has 2 aromatic carbocycles. The van der Waals surface area contributed by atoms with Gasteiger partial charge >= 0.3 is 0 Å². The second kappa shape index (κ2) is 6.05. The van der Waals surface area contributed by atoms with E-state index in [1.807, 2.05) is 54.6 Å². The van der Waals surface area contributed by atoms with E-state index in [-0.39, 0.29) is 5.91 Å². The molecule has 0 bridgehead atoms. The van der Waals surface area contributed by atoms with Crippen molar-refractivity contribution in [1.82, 2.24) is 14.8 Å². The van der Waals surface area contributed by atoms with Gasteiger partial charge in [0.15, 0.2) is 0 Å². The van der Waals surface area contributed by atoms with Crippen LogP contribution in [0.15, 0.2) is 71.7 Å². The molecule has 0 fully saturated rings. The third-order valence-corrected chi connectivity index (χ3v) is 4.49. The van der Waals surface area contributed by atoms with Gasteiger partial charge in [-0.05, 0) is 29.8 Å². The molecule has 1 amide bonds. The molecule has 0 N–H and O–H groups in total. The zero-order valence-corrected chi connectivity index (χ0v) is 14.2. The van der Waals surface area contributed by atoms with Crippen LogP contribution in [0.25, 0.3) is 11.3 Å². The maximum absolute atomic E-state index is 13.0. The molecule has 0 saturated heterocycles. The fraction of sp³-hybridized carbons (Fsp3) is 0.0556. The molecule has 1 aromatic heterocycles. The number of halogens is 1. The van der Waals surface area contributed by atoms with Crippen LogP contribution < -0.4 is 4.90 Å². The molecule has 6 heteroatoms. The van der Waals surface area contributed by atoms with E-state index >= 15 is 0 Å². The number of hydrogen-bond acceptors (Lipinski definition) is 3. The van der Waals surface area contributed by atoms with Crippen molar-refractivity contribution in [1.29, 1.82) is 0 Å². The average Bonchev–Trinajstić information content (AvgIpc) is 3.24. The van der Waals surface area contributed by atoms with Crippen LogP contribution in [0.5, 0.6) is 0 Å². The summed E-state index contributed by atoms with van der Waals surface area (Å²) < 4.78 is 2.52. The summed E-state index contributed by atoms with van der Waals surface area (Å²) in [7, 11) is 0. The van der Waals surface area contributed by atoms with Crippen LogP contribution in [0.4, 0.5) is 5.69 Å². The highest BCUT2D eigenvalue weighted by molar-refractivity contribution is 9.10. The van der Waals surface area contributed by atoms with Gasteiger partial charge < -0.3 is 4.90 Å². The van der Waals surface area contributed by atoms with Crippen molar-refractivity contribution in [3.63, 3.8) is 0 Å². The highest BCUT2D eigenvalue weighted by Crippen LogP contribution is 2.33. The molecule has 0 aliphatic carbocycles. The van der Waals surface area contributed by atoms with Crippen molar-refractivity contribution in [3.8, 4) is 0 Å². The van der Waals surface area contributed by atoms with Gasteiger partial charge in [0.1, 0.15) is 18.4 Å². The predicted molar refractivity (Wildman–Crippen MR) is 96.1 cm³/mol. The Morgan fingerprint density at radius 1 is 1.00 bits per heavy atom. The highest BCUT2D eigenvalue weighted by Gasteiger charge is 2.33. The quantitative estimate of drug-likeness (QED) is 0.698. The molecule has 24 heavy (non-hydrogen) atoms. The first-order valence-corrected chi connectivity index (χ1v) is 8.24. The molecule has 0 saturated carbocycles. The molecule has 1 aliphatic rings. The van der Waals surface area contributed by atoms with E-state index in [0.717, 1.165) is 21.3 Å². The van der Waals surface area contributed by atoms with E-state index in [1.165, 1.54) is 6.33 Å². The Balaban J connectivity index is 1.81. The Bertz CT molecular complexity index is 902. The van der Waals surface area contributed by atoms with Crippen molar-refractivity contribution in [3.05, 3.63) is 77.3 Å². The molecule has 0 atom stereocenters. The Kier molecular flexibility index (Phi) is 3.74. The molecule has 4 rings (SSSR count). The summed E-state index contributed by atoms with van der Waals surface area (Å²) in [5.74, 6) is -0.0818. The topological polar surface area (TPSA) is 51.0 Å². The number of amides is 1. The summed E-state index contributed by atoms with van der Waals surface area (Å²) in [4.78, 5) is 18.8. The number of carbonyl (C=O) groups is 1. The minimum Gasteiger partial charge on any atom is -0.302 e. The molecular weight excluding hydrogens is 368 g/mol. The number of hydrogen-bond donors (Lipinski definition) is 0. The summed E-state index contributed by atoms with van der Waals surface area (Å²) in [5.41, 5.74) is 3.35. The normalized spacial score (nSPS) is 14.5. The van der Waals surface area contributed by atoms with Gasteiger partial charge in [0.25, 0.3) is 5.91 Å². The van der Waals surface area contributed by atoms with Crippen LogP contribution in [0.1, 0.15) is 5.56 Å². The van der Waals surface area contributed by atoms with Crippen LogP contribution in [-0.4, -0.2) is 27.2 Å². The maximum Gasteiger partial charge on any atom is 0.277 e. The summed E-state index contributed by atoms with van der Waals surface area (Å²) in [6.45, 7) is 0.500. The number of nitrogens with zero attached hydrogens (tertiary/aromatic N) is 4. The molecule has 2 heterocycles. The zero-order chi connectivity index (χ0) is 16.5. The molecular formula is C18H13BrN4O. The van der Waals surface area contributed by atoms with Crippen molar-refractivity contribution >= 4 is 38.8 Å². The van der Waals surface area contributed by atoms with Crippen molar-refractivity contribution in [2.75, 3.05) is 11.4 Å². The van der Waals surface area contributed by atoms with E-state index in [2.05, 4.69) is 26.0 Å². The lowest BCUT2D eigenvalue weighted by atomic mass is 10.1. The first kappa shape index (κ1) is 14.8. The second-order valence-corrected chi connectivity index (χ2v) is 6.32. The first-order valence-electron chi connectivity index (χ1n) is 7.45. The van der Waals surface area contributed by atoms with Crippen LogP contribution in [0.3, 0.4) is 0 Å².